The molecule has 10 heteroatoms. The molecule has 3 N–H and O–H groups in total. The number of likely N-dealkylation sites (tertiary alicyclic amines) is 1. The zero-order chi connectivity index (χ0) is 33.5. The third-order valence-corrected chi connectivity index (χ3v) is 8.90. The van der Waals surface area contributed by atoms with Gasteiger partial charge in [-0.05, 0) is 79.5 Å². The molecule has 2 fully saturated rings. The Hall–Kier alpha value is -5.48. The van der Waals surface area contributed by atoms with Crippen molar-refractivity contribution in [1.29, 1.82) is 0 Å². The smallest absolute Gasteiger partial charge is 0.407 e. The number of methoxy groups -OCH3 is 1. The van der Waals surface area contributed by atoms with Gasteiger partial charge in [0.1, 0.15) is 34.9 Å². The fraction of sp³-hybridized carbons (Fsp3) is 0.368. The van der Waals surface area contributed by atoms with Gasteiger partial charge in [0, 0.05) is 18.0 Å². The molecule has 2 aliphatic rings. The zero-order valence-corrected chi connectivity index (χ0v) is 27.5. The number of rotatable bonds is 8. The van der Waals surface area contributed by atoms with E-state index in [0.717, 1.165) is 35.6 Å². The van der Waals surface area contributed by atoms with E-state index in [0.29, 0.717) is 35.3 Å². The fourth-order valence-electron chi connectivity index (χ4n) is 6.34. The lowest BCUT2D eigenvalue weighted by atomic mass is 10.0. The Labute approximate surface area is 281 Å². The predicted octanol–water partition coefficient (Wildman–Crippen LogP) is 6.70. The van der Waals surface area contributed by atoms with Gasteiger partial charge in [-0.15, -0.1) is 0 Å². The Morgan fingerprint density at radius 1 is 0.938 bits per heavy atom. The van der Waals surface area contributed by atoms with Gasteiger partial charge in [0.2, 0.25) is 5.91 Å². The molecule has 1 aliphatic carbocycles. The zero-order valence-electron chi connectivity index (χ0n) is 27.5. The number of H-pyrrole nitrogens is 2. The molecule has 0 radical (unpaired) electrons. The molecular formula is C38H40N6O4. The van der Waals surface area contributed by atoms with E-state index in [1.165, 1.54) is 32.8 Å². The van der Waals surface area contributed by atoms with E-state index in [2.05, 4.69) is 48.9 Å². The number of alkyl carbamates (subject to hydrolysis) is 1. The Morgan fingerprint density at radius 2 is 1.71 bits per heavy atom. The van der Waals surface area contributed by atoms with Crippen LogP contribution in [-0.4, -0.2) is 56.5 Å². The summed E-state index contributed by atoms with van der Waals surface area (Å²) in [4.78, 5) is 43.3. The second kappa shape index (κ2) is 15.0. The maximum atomic E-state index is 13.6. The van der Waals surface area contributed by atoms with Crippen molar-refractivity contribution in [2.24, 2.45) is 5.92 Å². The number of para-hydroxylation sites is 1. The number of hydrogen-bond donors (Lipinski definition) is 3. The van der Waals surface area contributed by atoms with Crippen LogP contribution in [0.5, 0.6) is 11.5 Å². The summed E-state index contributed by atoms with van der Waals surface area (Å²) in [7, 11) is 1.29. The van der Waals surface area contributed by atoms with Crippen LogP contribution in [0.1, 0.15) is 87.2 Å². The van der Waals surface area contributed by atoms with Crippen molar-refractivity contribution in [3.05, 3.63) is 83.8 Å². The summed E-state index contributed by atoms with van der Waals surface area (Å²) in [6.07, 6.45) is 9.38. The number of hydrogen-bond acceptors (Lipinski definition) is 6. The molecule has 6 rings (SSSR count). The highest BCUT2D eigenvalue weighted by Gasteiger charge is 2.37. The summed E-state index contributed by atoms with van der Waals surface area (Å²) in [5.41, 5.74) is 3.10. The summed E-state index contributed by atoms with van der Waals surface area (Å²) in [5, 5.41) is 2.69. The largest absolute Gasteiger partial charge is 0.456 e. The van der Waals surface area contributed by atoms with Gasteiger partial charge >= 0.3 is 6.09 Å². The van der Waals surface area contributed by atoms with Crippen LogP contribution < -0.4 is 10.1 Å². The van der Waals surface area contributed by atoms with Gasteiger partial charge in [-0.3, -0.25) is 4.79 Å². The number of nitrogens with one attached hydrogen (secondary N) is 3. The van der Waals surface area contributed by atoms with Gasteiger partial charge in [-0.25, -0.2) is 14.8 Å². The molecule has 2 atom stereocenters. The highest BCUT2D eigenvalue weighted by molar-refractivity contribution is 5.86. The maximum absolute atomic E-state index is 13.6. The number of aromatic nitrogens is 4. The van der Waals surface area contributed by atoms with Gasteiger partial charge in [0.15, 0.2) is 0 Å². The molecule has 0 spiro atoms. The molecular weight excluding hydrogens is 604 g/mol. The highest BCUT2D eigenvalue weighted by atomic mass is 16.5. The lowest BCUT2D eigenvalue weighted by Crippen LogP contribution is -2.51. The van der Waals surface area contributed by atoms with Crippen molar-refractivity contribution in [3.8, 4) is 46.4 Å². The van der Waals surface area contributed by atoms with Crippen LogP contribution in [0.2, 0.25) is 0 Å². The lowest BCUT2D eigenvalue weighted by molar-refractivity contribution is -0.135. The molecule has 1 saturated heterocycles. The van der Waals surface area contributed by atoms with Crippen LogP contribution in [0.3, 0.4) is 0 Å². The number of benzene rings is 2. The van der Waals surface area contributed by atoms with Crippen LogP contribution in [-0.2, 0) is 9.53 Å². The average Bonchev–Trinajstić information content (AvgIpc) is 3.93. The van der Waals surface area contributed by atoms with Crippen LogP contribution >= 0.6 is 0 Å². The molecule has 2 amide bonds. The van der Waals surface area contributed by atoms with E-state index in [-0.39, 0.29) is 17.9 Å². The Morgan fingerprint density at radius 3 is 2.48 bits per heavy atom. The van der Waals surface area contributed by atoms with Gasteiger partial charge in [-0.2, -0.15) is 0 Å². The van der Waals surface area contributed by atoms with Crippen LogP contribution in [0.4, 0.5) is 4.79 Å². The molecule has 0 unspecified atom stereocenters. The maximum Gasteiger partial charge on any atom is 0.407 e. The van der Waals surface area contributed by atoms with E-state index in [9.17, 15) is 9.59 Å². The Bertz CT molecular complexity index is 1870. The summed E-state index contributed by atoms with van der Waals surface area (Å²) in [6, 6.07) is 14.4. The first-order valence-electron chi connectivity index (χ1n) is 16.5. The number of imidazole rings is 2. The number of ether oxygens (including phenoxy) is 2. The van der Waals surface area contributed by atoms with Crippen molar-refractivity contribution < 1.29 is 19.1 Å². The van der Waals surface area contributed by atoms with Crippen molar-refractivity contribution in [2.45, 2.75) is 70.4 Å². The topological polar surface area (TPSA) is 125 Å². The minimum Gasteiger partial charge on any atom is -0.456 e. The minimum atomic E-state index is -0.697. The van der Waals surface area contributed by atoms with Crippen LogP contribution in [0.25, 0.3) is 11.3 Å². The third kappa shape index (κ3) is 7.56. The second-order valence-electron chi connectivity index (χ2n) is 12.5. The van der Waals surface area contributed by atoms with Crippen molar-refractivity contribution >= 4 is 12.0 Å². The Kier molecular flexibility index (Phi) is 10.1. The number of aromatic amines is 2. The molecule has 1 saturated carbocycles. The molecule has 3 heterocycles. The average molecular weight is 645 g/mol. The van der Waals surface area contributed by atoms with E-state index in [1.807, 2.05) is 62.4 Å². The van der Waals surface area contributed by atoms with Crippen molar-refractivity contribution in [1.82, 2.24) is 30.2 Å². The molecule has 2 aromatic heterocycles. The normalized spacial score (nSPS) is 16.5. The summed E-state index contributed by atoms with van der Waals surface area (Å²) in [5.74, 6) is 15.4. The van der Waals surface area contributed by atoms with Crippen molar-refractivity contribution in [3.63, 3.8) is 0 Å². The number of carbonyl (C=O) groups is 2. The first-order valence-corrected chi connectivity index (χ1v) is 16.5. The standard InChI is InChI=1S/C38H40N6O4/c1-25(2)34(43-38(46)47-3)37(45)44-21-11-18-32(44)36-40-24-31(42-36)28-20-19-26(33(22-28)48-30-16-5-4-6-17-30)12-9-10-15-29-23-39-35(41-29)27-13-7-8-14-27/h4-6,16-17,19-20,22-25,27,32,34H,7-8,11,13-14,18,21H2,1-3H3,(H,39,41)(H,40,42)(H,43,46)/t32-,34-/m0/s1. The quantitative estimate of drug-likeness (QED) is 0.184. The summed E-state index contributed by atoms with van der Waals surface area (Å²) >= 11 is 0. The molecule has 48 heavy (non-hydrogen) atoms. The van der Waals surface area contributed by atoms with Crippen LogP contribution in [0, 0.1) is 29.6 Å². The summed E-state index contributed by atoms with van der Waals surface area (Å²) in [6.45, 7) is 4.38. The molecule has 0 bridgehead atoms. The van der Waals surface area contributed by atoms with Gasteiger partial charge < -0.3 is 29.7 Å². The SMILES string of the molecule is COC(=O)N[C@H](C(=O)N1CCC[C@H]1c1ncc(-c2ccc(C#CC#Cc3cnc(C4CCCC4)[nH]3)c(Oc3ccccc3)c2)[nH]1)C(C)C. The Balaban J connectivity index is 1.22. The minimum absolute atomic E-state index is 0.111. The molecule has 246 valence electrons. The monoisotopic (exact) mass is 644 g/mol. The first kappa shape index (κ1) is 32.5. The molecule has 10 nitrogen and oxygen atoms in total. The predicted molar refractivity (Wildman–Crippen MR) is 182 cm³/mol. The van der Waals surface area contributed by atoms with E-state index < -0.39 is 12.1 Å². The van der Waals surface area contributed by atoms with E-state index in [4.69, 9.17) is 9.47 Å². The third-order valence-electron chi connectivity index (χ3n) is 8.90. The molecule has 4 aromatic rings. The van der Waals surface area contributed by atoms with Crippen molar-refractivity contribution in [2.75, 3.05) is 13.7 Å². The van der Waals surface area contributed by atoms with Gasteiger partial charge in [-0.1, -0.05) is 51.0 Å². The van der Waals surface area contributed by atoms with E-state index >= 15 is 0 Å². The van der Waals surface area contributed by atoms with Crippen LogP contribution in [0.15, 0.2) is 60.9 Å². The van der Waals surface area contributed by atoms with Gasteiger partial charge in [0.05, 0.1) is 36.8 Å². The van der Waals surface area contributed by atoms with E-state index in [1.54, 1.807) is 17.3 Å². The summed E-state index contributed by atoms with van der Waals surface area (Å²) < 4.78 is 11.1. The number of nitrogens with zero attached hydrogens (tertiary/aromatic N) is 3. The van der Waals surface area contributed by atoms with Gasteiger partial charge in [0.25, 0.3) is 0 Å². The fourth-order valence-corrected chi connectivity index (χ4v) is 6.34. The second-order valence-corrected chi connectivity index (χ2v) is 12.5. The highest BCUT2D eigenvalue weighted by Crippen LogP contribution is 2.35. The molecule has 2 aromatic carbocycles. The lowest BCUT2D eigenvalue weighted by Gasteiger charge is -2.30. The number of amides is 2. The first-order chi connectivity index (χ1) is 23.4. The molecule has 1 aliphatic heterocycles. The number of carbonyl (C=O) groups excluding carboxylic acids is 2.